The van der Waals surface area contributed by atoms with Gasteiger partial charge in [0.25, 0.3) is 5.91 Å². The molecule has 1 amide bonds. The van der Waals surface area contributed by atoms with E-state index in [1.54, 1.807) is 41.3 Å². The molecule has 0 saturated carbocycles. The molecule has 5 nitrogen and oxygen atoms in total. The zero-order valence-corrected chi connectivity index (χ0v) is 15.2. The van der Waals surface area contributed by atoms with Crippen LogP contribution < -0.4 is 5.32 Å². The Morgan fingerprint density at radius 2 is 1.93 bits per heavy atom. The zero-order chi connectivity index (χ0) is 19.5. The van der Waals surface area contributed by atoms with Crippen LogP contribution in [-0.4, -0.2) is 15.7 Å². The van der Waals surface area contributed by atoms with Crippen LogP contribution in [0.2, 0.25) is 0 Å². The molecular formula is C22H18FN3O2. The standard InChI is InChI=1S/C22H18FN3O2/c1-15-4-2-5-18(12-15)26-20(13-19(25-26)21-6-3-11-28-21)22(27)24-14-16-7-9-17(23)10-8-16/h2-13H,14H2,1H3,(H,24,27). The highest BCUT2D eigenvalue weighted by molar-refractivity contribution is 5.94. The van der Waals surface area contributed by atoms with Crippen LogP contribution in [0.4, 0.5) is 4.39 Å². The summed E-state index contributed by atoms with van der Waals surface area (Å²) in [6.07, 6.45) is 1.56. The van der Waals surface area contributed by atoms with Crippen LogP contribution in [0.3, 0.4) is 0 Å². The Labute approximate surface area is 161 Å². The van der Waals surface area contributed by atoms with E-state index in [4.69, 9.17) is 4.42 Å². The number of nitrogens with zero attached hydrogens (tertiary/aromatic N) is 2. The van der Waals surface area contributed by atoms with Gasteiger partial charge in [-0.05, 0) is 54.4 Å². The van der Waals surface area contributed by atoms with Crippen LogP contribution in [-0.2, 0) is 6.54 Å². The second kappa shape index (κ2) is 7.52. The van der Waals surface area contributed by atoms with Crippen molar-refractivity contribution in [2.75, 3.05) is 0 Å². The lowest BCUT2D eigenvalue weighted by Gasteiger charge is -2.09. The van der Waals surface area contributed by atoms with E-state index in [1.807, 2.05) is 31.2 Å². The SMILES string of the molecule is Cc1cccc(-n2nc(-c3ccco3)cc2C(=O)NCc2ccc(F)cc2)c1. The van der Waals surface area contributed by atoms with Crippen molar-refractivity contribution in [3.63, 3.8) is 0 Å². The number of halogens is 1. The predicted octanol–water partition coefficient (Wildman–Crippen LogP) is 4.51. The Bertz CT molecular complexity index is 1100. The molecule has 0 aliphatic heterocycles. The smallest absolute Gasteiger partial charge is 0.270 e. The first-order valence-electron chi connectivity index (χ1n) is 8.84. The van der Waals surface area contributed by atoms with Crippen molar-refractivity contribution in [1.29, 1.82) is 0 Å². The van der Waals surface area contributed by atoms with Crippen LogP contribution in [0.1, 0.15) is 21.6 Å². The molecule has 6 heteroatoms. The molecule has 0 aliphatic carbocycles. The van der Waals surface area contributed by atoms with Crippen molar-refractivity contribution < 1.29 is 13.6 Å². The fourth-order valence-corrected chi connectivity index (χ4v) is 2.92. The fourth-order valence-electron chi connectivity index (χ4n) is 2.92. The molecule has 0 atom stereocenters. The van der Waals surface area contributed by atoms with Crippen LogP contribution in [0.25, 0.3) is 17.1 Å². The first-order chi connectivity index (χ1) is 13.6. The summed E-state index contributed by atoms with van der Waals surface area (Å²) < 4.78 is 20.1. The van der Waals surface area contributed by atoms with Gasteiger partial charge >= 0.3 is 0 Å². The quantitative estimate of drug-likeness (QED) is 0.558. The summed E-state index contributed by atoms with van der Waals surface area (Å²) in [6, 6.07) is 19.0. The molecule has 4 rings (SSSR count). The van der Waals surface area contributed by atoms with E-state index in [0.717, 1.165) is 16.8 Å². The number of hydrogen-bond donors (Lipinski definition) is 1. The van der Waals surface area contributed by atoms with E-state index in [9.17, 15) is 9.18 Å². The Balaban J connectivity index is 1.66. The summed E-state index contributed by atoms with van der Waals surface area (Å²) >= 11 is 0. The molecule has 140 valence electrons. The van der Waals surface area contributed by atoms with Gasteiger partial charge in [0, 0.05) is 12.6 Å². The average Bonchev–Trinajstić information content (AvgIpc) is 3.37. The van der Waals surface area contributed by atoms with Crippen molar-refractivity contribution in [2.45, 2.75) is 13.5 Å². The minimum atomic E-state index is -0.310. The number of hydrogen-bond acceptors (Lipinski definition) is 3. The number of carbonyl (C=O) groups excluding carboxylic acids is 1. The van der Waals surface area contributed by atoms with Gasteiger partial charge in [-0.25, -0.2) is 9.07 Å². The highest BCUT2D eigenvalue weighted by Crippen LogP contribution is 2.22. The first kappa shape index (κ1) is 17.7. The lowest BCUT2D eigenvalue weighted by molar-refractivity contribution is 0.0943. The summed E-state index contributed by atoms with van der Waals surface area (Å²) in [4.78, 5) is 12.9. The van der Waals surface area contributed by atoms with Crippen molar-refractivity contribution in [3.8, 4) is 17.1 Å². The summed E-state index contributed by atoms with van der Waals surface area (Å²) in [7, 11) is 0. The number of nitrogens with one attached hydrogen (secondary N) is 1. The van der Waals surface area contributed by atoms with Gasteiger partial charge in [-0.2, -0.15) is 5.10 Å². The van der Waals surface area contributed by atoms with Crippen LogP contribution in [0.5, 0.6) is 0 Å². The third kappa shape index (κ3) is 3.71. The summed E-state index contributed by atoms with van der Waals surface area (Å²) in [6.45, 7) is 2.27. The Kier molecular flexibility index (Phi) is 4.76. The predicted molar refractivity (Wildman–Crippen MR) is 104 cm³/mol. The molecule has 0 spiro atoms. The number of furan rings is 1. The van der Waals surface area contributed by atoms with E-state index in [2.05, 4.69) is 10.4 Å². The number of benzene rings is 2. The summed E-state index contributed by atoms with van der Waals surface area (Å²) in [5.41, 5.74) is 3.61. The Morgan fingerprint density at radius 3 is 2.64 bits per heavy atom. The lowest BCUT2D eigenvalue weighted by Crippen LogP contribution is -2.25. The Morgan fingerprint density at radius 1 is 1.11 bits per heavy atom. The van der Waals surface area contributed by atoms with Gasteiger partial charge in [-0.3, -0.25) is 4.79 Å². The molecule has 28 heavy (non-hydrogen) atoms. The minimum absolute atomic E-state index is 0.281. The van der Waals surface area contributed by atoms with Gasteiger partial charge in [0.1, 0.15) is 17.2 Å². The van der Waals surface area contributed by atoms with E-state index < -0.39 is 0 Å². The number of rotatable bonds is 5. The van der Waals surface area contributed by atoms with Crippen molar-refractivity contribution in [3.05, 3.63) is 95.6 Å². The maximum Gasteiger partial charge on any atom is 0.270 e. The van der Waals surface area contributed by atoms with E-state index in [1.165, 1.54) is 12.1 Å². The van der Waals surface area contributed by atoms with Crippen molar-refractivity contribution in [1.82, 2.24) is 15.1 Å². The summed E-state index contributed by atoms with van der Waals surface area (Å²) in [5.74, 6) is -0.00850. The lowest BCUT2D eigenvalue weighted by atomic mass is 10.2. The number of carbonyl (C=O) groups is 1. The van der Waals surface area contributed by atoms with E-state index in [-0.39, 0.29) is 18.3 Å². The number of aromatic nitrogens is 2. The van der Waals surface area contributed by atoms with Gasteiger partial charge in [0.15, 0.2) is 5.76 Å². The molecule has 0 bridgehead atoms. The molecule has 0 radical (unpaired) electrons. The van der Waals surface area contributed by atoms with Gasteiger partial charge in [-0.15, -0.1) is 0 Å². The van der Waals surface area contributed by atoms with Crippen LogP contribution >= 0.6 is 0 Å². The molecule has 0 saturated heterocycles. The highest BCUT2D eigenvalue weighted by Gasteiger charge is 2.18. The summed E-state index contributed by atoms with van der Waals surface area (Å²) in [5, 5.41) is 7.43. The molecule has 2 aromatic heterocycles. The van der Waals surface area contributed by atoms with Crippen LogP contribution in [0.15, 0.2) is 77.4 Å². The average molecular weight is 375 g/mol. The molecule has 4 aromatic rings. The first-order valence-corrected chi connectivity index (χ1v) is 8.84. The van der Waals surface area contributed by atoms with Crippen LogP contribution in [0, 0.1) is 12.7 Å². The number of amides is 1. The van der Waals surface area contributed by atoms with Gasteiger partial charge in [0.2, 0.25) is 0 Å². The second-order valence-corrected chi connectivity index (χ2v) is 6.45. The zero-order valence-electron chi connectivity index (χ0n) is 15.2. The molecular weight excluding hydrogens is 357 g/mol. The maximum absolute atomic E-state index is 13.1. The van der Waals surface area contributed by atoms with E-state index in [0.29, 0.717) is 17.1 Å². The molecule has 0 fully saturated rings. The Hall–Kier alpha value is -3.67. The highest BCUT2D eigenvalue weighted by atomic mass is 19.1. The second-order valence-electron chi connectivity index (χ2n) is 6.45. The van der Waals surface area contributed by atoms with Gasteiger partial charge < -0.3 is 9.73 Å². The molecule has 1 N–H and O–H groups in total. The third-order valence-corrected chi connectivity index (χ3v) is 4.33. The van der Waals surface area contributed by atoms with Gasteiger partial charge in [0.05, 0.1) is 12.0 Å². The fraction of sp³-hybridized carbons (Fsp3) is 0.0909. The molecule has 2 heterocycles. The molecule has 0 aliphatic rings. The topological polar surface area (TPSA) is 60.1 Å². The molecule has 2 aromatic carbocycles. The van der Waals surface area contributed by atoms with Crippen molar-refractivity contribution in [2.24, 2.45) is 0 Å². The third-order valence-electron chi connectivity index (χ3n) is 4.33. The normalized spacial score (nSPS) is 10.8. The largest absolute Gasteiger partial charge is 0.463 e. The molecule has 0 unspecified atom stereocenters. The number of aryl methyl sites for hydroxylation is 1. The minimum Gasteiger partial charge on any atom is -0.463 e. The van der Waals surface area contributed by atoms with Crippen molar-refractivity contribution >= 4 is 5.91 Å². The monoisotopic (exact) mass is 375 g/mol. The van der Waals surface area contributed by atoms with Gasteiger partial charge in [-0.1, -0.05) is 24.3 Å². The van der Waals surface area contributed by atoms with E-state index >= 15 is 0 Å². The maximum atomic E-state index is 13.1.